The average molecular weight is 185 g/mol. The van der Waals surface area contributed by atoms with Gasteiger partial charge >= 0.3 is 0 Å². The largest absolute Gasteiger partial charge is 0.391 e. The number of nitrogens with one attached hydrogen (secondary N) is 1. The number of rotatable bonds is 5. The molecule has 1 saturated carbocycles. The Kier molecular flexibility index (Phi) is 4.02. The van der Waals surface area contributed by atoms with Gasteiger partial charge in [0, 0.05) is 6.04 Å². The predicted molar refractivity (Wildman–Crippen MR) is 53.6 cm³/mol. The minimum absolute atomic E-state index is 0.343. The highest BCUT2D eigenvalue weighted by Crippen LogP contribution is 2.17. The first-order valence-corrected chi connectivity index (χ1v) is 4.97. The molecule has 1 fully saturated rings. The van der Waals surface area contributed by atoms with Crippen LogP contribution in [-0.4, -0.2) is 29.8 Å². The van der Waals surface area contributed by atoms with E-state index >= 15 is 0 Å². The lowest BCUT2D eigenvalue weighted by Gasteiger charge is -2.07. The summed E-state index contributed by atoms with van der Waals surface area (Å²) in [5.74, 6) is 0.470. The van der Waals surface area contributed by atoms with Gasteiger partial charge < -0.3 is 16.2 Å². The summed E-state index contributed by atoms with van der Waals surface area (Å²) in [6.07, 6.45) is 3.80. The number of hydrogen-bond acceptors (Lipinski definition) is 2. The van der Waals surface area contributed by atoms with Gasteiger partial charge in [0.2, 0.25) is 0 Å². The van der Waals surface area contributed by atoms with Crippen molar-refractivity contribution in [3.05, 3.63) is 0 Å². The average Bonchev–Trinajstić information content (AvgIpc) is 2.85. The van der Waals surface area contributed by atoms with Crippen LogP contribution in [-0.2, 0) is 0 Å². The summed E-state index contributed by atoms with van der Waals surface area (Å²) >= 11 is 0. The third-order valence-electron chi connectivity index (χ3n) is 2.02. The molecular weight excluding hydrogens is 166 g/mol. The number of aliphatic hydroxyl groups excluding tert-OH is 1. The SMILES string of the molecule is CCCC(O)CN=C(N)NC1CC1. The van der Waals surface area contributed by atoms with Crippen molar-refractivity contribution in [1.82, 2.24) is 5.32 Å². The van der Waals surface area contributed by atoms with Crippen LogP contribution in [0.5, 0.6) is 0 Å². The number of aliphatic hydroxyl groups is 1. The Morgan fingerprint density at radius 1 is 1.69 bits per heavy atom. The Bertz CT molecular complexity index is 178. The number of nitrogens with zero attached hydrogens (tertiary/aromatic N) is 1. The van der Waals surface area contributed by atoms with E-state index in [9.17, 15) is 5.11 Å². The standard InChI is InChI=1S/C9H19N3O/c1-2-3-8(13)6-11-9(10)12-7-4-5-7/h7-8,13H,2-6H2,1H3,(H3,10,11,12). The van der Waals surface area contributed by atoms with E-state index in [0.29, 0.717) is 18.5 Å². The number of aliphatic imine (C=N–C) groups is 1. The lowest BCUT2D eigenvalue weighted by molar-refractivity contribution is 0.172. The summed E-state index contributed by atoms with van der Waals surface area (Å²) in [5.41, 5.74) is 5.59. The second kappa shape index (κ2) is 5.07. The maximum atomic E-state index is 9.36. The molecule has 1 rings (SSSR count). The molecule has 4 nitrogen and oxygen atoms in total. The Morgan fingerprint density at radius 3 is 2.92 bits per heavy atom. The Hall–Kier alpha value is -0.770. The first-order chi connectivity index (χ1) is 6.22. The van der Waals surface area contributed by atoms with Crippen LogP contribution in [0.2, 0.25) is 0 Å². The first-order valence-electron chi connectivity index (χ1n) is 4.97. The van der Waals surface area contributed by atoms with Crippen LogP contribution in [0.4, 0.5) is 0 Å². The molecule has 76 valence electrons. The molecule has 1 unspecified atom stereocenters. The smallest absolute Gasteiger partial charge is 0.188 e. The third kappa shape index (κ3) is 4.72. The fraction of sp³-hybridized carbons (Fsp3) is 0.889. The lowest BCUT2D eigenvalue weighted by Crippen LogP contribution is -2.34. The Morgan fingerprint density at radius 2 is 2.38 bits per heavy atom. The van der Waals surface area contributed by atoms with E-state index in [1.54, 1.807) is 0 Å². The van der Waals surface area contributed by atoms with Crippen LogP contribution < -0.4 is 11.1 Å². The van der Waals surface area contributed by atoms with Crippen LogP contribution >= 0.6 is 0 Å². The van der Waals surface area contributed by atoms with E-state index in [4.69, 9.17) is 5.73 Å². The summed E-state index contributed by atoms with van der Waals surface area (Å²) in [6.45, 7) is 2.46. The minimum atomic E-state index is -0.343. The van der Waals surface area contributed by atoms with Crippen molar-refractivity contribution >= 4 is 5.96 Å². The number of hydrogen-bond donors (Lipinski definition) is 3. The van der Waals surface area contributed by atoms with Crippen LogP contribution in [0, 0.1) is 0 Å². The quantitative estimate of drug-likeness (QED) is 0.423. The fourth-order valence-corrected chi connectivity index (χ4v) is 1.11. The van der Waals surface area contributed by atoms with Gasteiger partial charge in [-0.3, -0.25) is 4.99 Å². The van der Waals surface area contributed by atoms with E-state index in [1.165, 1.54) is 12.8 Å². The molecule has 4 heteroatoms. The van der Waals surface area contributed by atoms with Gasteiger partial charge in [-0.1, -0.05) is 13.3 Å². The molecule has 0 heterocycles. The molecule has 0 spiro atoms. The molecule has 0 radical (unpaired) electrons. The first kappa shape index (κ1) is 10.3. The minimum Gasteiger partial charge on any atom is -0.391 e. The Balaban J connectivity index is 2.12. The van der Waals surface area contributed by atoms with E-state index in [2.05, 4.69) is 10.3 Å². The van der Waals surface area contributed by atoms with E-state index in [1.807, 2.05) is 6.92 Å². The molecule has 0 bridgehead atoms. The monoisotopic (exact) mass is 185 g/mol. The predicted octanol–water partition coefficient (Wildman–Crippen LogP) is 0.214. The molecule has 1 atom stereocenters. The van der Waals surface area contributed by atoms with E-state index in [0.717, 1.165) is 12.8 Å². The second-order valence-corrected chi connectivity index (χ2v) is 3.59. The molecule has 4 N–H and O–H groups in total. The van der Waals surface area contributed by atoms with Crippen molar-refractivity contribution in [2.75, 3.05) is 6.54 Å². The zero-order valence-electron chi connectivity index (χ0n) is 8.16. The van der Waals surface area contributed by atoms with Crippen LogP contribution in [0.1, 0.15) is 32.6 Å². The van der Waals surface area contributed by atoms with Gasteiger partial charge in [-0.25, -0.2) is 0 Å². The molecule has 0 aromatic heterocycles. The number of guanidine groups is 1. The van der Waals surface area contributed by atoms with Gasteiger partial charge in [-0.2, -0.15) is 0 Å². The highest BCUT2D eigenvalue weighted by molar-refractivity contribution is 5.78. The maximum absolute atomic E-state index is 9.36. The second-order valence-electron chi connectivity index (χ2n) is 3.59. The van der Waals surface area contributed by atoms with Gasteiger partial charge in [0.05, 0.1) is 12.6 Å². The van der Waals surface area contributed by atoms with Crippen LogP contribution in [0.3, 0.4) is 0 Å². The van der Waals surface area contributed by atoms with Crippen molar-refractivity contribution in [2.24, 2.45) is 10.7 Å². The molecule has 1 aliphatic rings. The van der Waals surface area contributed by atoms with E-state index in [-0.39, 0.29) is 6.10 Å². The molecule has 0 aromatic carbocycles. The molecule has 13 heavy (non-hydrogen) atoms. The molecule has 1 aliphatic carbocycles. The summed E-state index contributed by atoms with van der Waals surface area (Å²) in [5, 5.41) is 12.4. The van der Waals surface area contributed by atoms with Crippen LogP contribution in [0.15, 0.2) is 4.99 Å². The summed E-state index contributed by atoms with van der Waals surface area (Å²) in [4.78, 5) is 4.06. The number of nitrogens with two attached hydrogens (primary N) is 1. The van der Waals surface area contributed by atoms with Crippen molar-refractivity contribution in [1.29, 1.82) is 0 Å². The maximum Gasteiger partial charge on any atom is 0.188 e. The van der Waals surface area contributed by atoms with Gasteiger partial charge in [-0.05, 0) is 19.3 Å². The van der Waals surface area contributed by atoms with Gasteiger partial charge in [0.1, 0.15) is 0 Å². The van der Waals surface area contributed by atoms with Crippen molar-refractivity contribution < 1.29 is 5.11 Å². The Labute approximate surface area is 79.2 Å². The molecule has 0 aromatic rings. The fourth-order valence-electron chi connectivity index (χ4n) is 1.11. The highest BCUT2D eigenvalue weighted by Gasteiger charge is 2.21. The third-order valence-corrected chi connectivity index (χ3v) is 2.02. The van der Waals surface area contributed by atoms with Crippen molar-refractivity contribution in [3.8, 4) is 0 Å². The molecule has 0 saturated heterocycles. The lowest BCUT2D eigenvalue weighted by atomic mass is 10.2. The highest BCUT2D eigenvalue weighted by atomic mass is 16.3. The zero-order chi connectivity index (χ0) is 9.68. The summed E-state index contributed by atoms with van der Waals surface area (Å²) in [7, 11) is 0. The normalized spacial score (nSPS) is 20.0. The van der Waals surface area contributed by atoms with Crippen molar-refractivity contribution in [2.45, 2.75) is 44.8 Å². The van der Waals surface area contributed by atoms with Gasteiger partial charge in [-0.15, -0.1) is 0 Å². The topological polar surface area (TPSA) is 70.6 Å². The van der Waals surface area contributed by atoms with Gasteiger partial charge in [0.25, 0.3) is 0 Å². The van der Waals surface area contributed by atoms with Crippen LogP contribution in [0.25, 0.3) is 0 Å². The van der Waals surface area contributed by atoms with Crippen molar-refractivity contribution in [3.63, 3.8) is 0 Å². The van der Waals surface area contributed by atoms with Gasteiger partial charge in [0.15, 0.2) is 5.96 Å². The molecular formula is C9H19N3O. The van der Waals surface area contributed by atoms with E-state index < -0.39 is 0 Å². The molecule has 0 aliphatic heterocycles. The molecule has 0 amide bonds. The summed E-state index contributed by atoms with van der Waals surface area (Å²) < 4.78 is 0. The zero-order valence-corrected chi connectivity index (χ0v) is 8.16. The summed E-state index contributed by atoms with van der Waals surface area (Å²) in [6, 6.07) is 0.534.